The monoisotopic (exact) mass is 387 g/mol. The predicted molar refractivity (Wildman–Crippen MR) is 98.0 cm³/mol. The van der Waals surface area contributed by atoms with Gasteiger partial charge in [-0.3, -0.25) is 9.59 Å². The summed E-state index contributed by atoms with van der Waals surface area (Å²) in [6.07, 6.45) is 0. The molecular formula is C18H17N3O5S. The molecule has 0 radical (unpaired) electrons. The van der Waals surface area contributed by atoms with E-state index in [2.05, 4.69) is 4.99 Å². The maximum atomic E-state index is 12.9. The van der Waals surface area contributed by atoms with Gasteiger partial charge in [-0.15, -0.1) is 0 Å². The number of benzene rings is 2. The van der Waals surface area contributed by atoms with Crippen LogP contribution in [0.15, 0.2) is 52.4 Å². The SMILES string of the molecule is Cc1cc2c(cc1C(=O)N=C(N)N)S(=O)(=O)CC2(O)C(=O)c1ccccc1. The standard InChI is InChI=1S/C18H17N3O5S/c1-10-7-13-14(8-12(10)16(23)21-17(19)20)27(25,26)9-18(13,24)15(22)11-5-3-2-4-6-11/h2-8,24H,9H2,1H3,(H4,19,20,21,23). The van der Waals surface area contributed by atoms with Crippen molar-refractivity contribution < 1.29 is 23.1 Å². The van der Waals surface area contributed by atoms with Crippen molar-refractivity contribution in [3.63, 3.8) is 0 Å². The number of rotatable bonds is 3. The van der Waals surface area contributed by atoms with Crippen LogP contribution in [0.25, 0.3) is 0 Å². The predicted octanol–water partition coefficient (Wildman–Crippen LogP) is 0.266. The smallest absolute Gasteiger partial charge is 0.280 e. The number of guanidine groups is 1. The largest absolute Gasteiger partial charge is 0.376 e. The Hall–Kier alpha value is -3.04. The molecule has 1 heterocycles. The number of carbonyl (C=O) groups is 2. The van der Waals surface area contributed by atoms with E-state index in [1.807, 2.05) is 0 Å². The second-order valence-corrected chi connectivity index (χ2v) is 8.28. The summed E-state index contributed by atoms with van der Waals surface area (Å²) in [5.41, 5.74) is 8.59. The lowest BCUT2D eigenvalue weighted by molar-refractivity contribution is 0.0416. The van der Waals surface area contributed by atoms with Gasteiger partial charge in [0.2, 0.25) is 0 Å². The lowest BCUT2D eigenvalue weighted by Crippen LogP contribution is -2.37. The number of nitrogens with two attached hydrogens (primary N) is 2. The third-order valence-electron chi connectivity index (χ3n) is 4.38. The van der Waals surface area contributed by atoms with Gasteiger partial charge in [-0.1, -0.05) is 36.4 Å². The van der Waals surface area contributed by atoms with Crippen molar-refractivity contribution in [1.82, 2.24) is 0 Å². The molecule has 3 rings (SSSR count). The van der Waals surface area contributed by atoms with Crippen LogP contribution in [0.3, 0.4) is 0 Å². The molecule has 27 heavy (non-hydrogen) atoms. The second kappa shape index (κ2) is 6.29. The van der Waals surface area contributed by atoms with Crippen molar-refractivity contribution in [2.45, 2.75) is 17.4 Å². The first-order valence-corrected chi connectivity index (χ1v) is 9.55. The van der Waals surface area contributed by atoms with E-state index in [0.717, 1.165) is 6.07 Å². The van der Waals surface area contributed by atoms with Crippen molar-refractivity contribution in [3.05, 3.63) is 64.7 Å². The molecule has 0 saturated heterocycles. The first-order valence-electron chi connectivity index (χ1n) is 7.90. The van der Waals surface area contributed by atoms with E-state index in [1.54, 1.807) is 18.2 Å². The van der Waals surface area contributed by atoms with Gasteiger partial charge in [0.1, 0.15) is 0 Å². The normalized spacial score (nSPS) is 19.9. The molecule has 0 saturated carbocycles. The number of aryl methyl sites for hydroxylation is 1. The van der Waals surface area contributed by atoms with Gasteiger partial charge in [0.15, 0.2) is 27.2 Å². The van der Waals surface area contributed by atoms with Crippen LogP contribution < -0.4 is 11.5 Å². The molecule has 5 N–H and O–H groups in total. The van der Waals surface area contributed by atoms with Crippen molar-refractivity contribution in [1.29, 1.82) is 0 Å². The third kappa shape index (κ3) is 3.11. The van der Waals surface area contributed by atoms with Crippen LogP contribution in [-0.2, 0) is 15.4 Å². The van der Waals surface area contributed by atoms with E-state index in [4.69, 9.17) is 11.5 Å². The van der Waals surface area contributed by atoms with Crippen LogP contribution in [0.5, 0.6) is 0 Å². The number of aliphatic hydroxyl groups is 1. The number of ketones is 1. The van der Waals surface area contributed by atoms with E-state index in [9.17, 15) is 23.1 Å². The fourth-order valence-electron chi connectivity index (χ4n) is 3.12. The van der Waals surface area contributed by atoms with Crippen molar-refractivity contribution >= 4 is 27.5 Å². The minimum atomic E-state index is -4.00. The zero-order valence-corrected chi connectivity index (χ0v) is 15.2. The summed E-state index contributed by atoms with van der Waals surface area (Å²) >= 11 is 0. The fourth-order valence-corrected chi connectivity index (χ4v) is 4.98. The lowest BCUT2D eigenvalue weighted by atomic mass is 9.86. The quantitative estimate of drug-likeness (QED) is 0.388. The number of carbonyl (C=O) groups excluding carboxylic acids is 2. The van der Waals surface area contributed by atoms with E-state index in [-0.39, 0.29) is 21.6 Å². The van der Waals surface area contributed by atoms with Gasteiger partial charge >= 0.3 is 0 Å². The number of aliphatic imine (C=N–C) groups is 1. The Morgan fingerprint density at radius 3 is 2.37 bits per heavy atom. The molecule has 1 atom stereocenters. The molecule has 1 amide bonds. The molecule has 0 fully saturated rings. The van der Waals surface area contributed by atoms with Crippen molar-refractivity contribution in [2.75, 3.05) is 5.75 Å². The maximum absolute atomic E-state index is 12.9. The van der Waals surface area contributed by atoms with E-state index >= 15 is 0 Å². The summed E-state index contributed by atoms with van der Waals surface area (Å²) < 4.78 is 25.2. The molecule has 2 aromatic rings. The molecule has 0 aliphatic carbocycles. The highest BCUT2D eigenvalue weighted by molar-refractivity contribution is 7.91. The summed E-state index contributed by atoms with van der Waals surface area (Å²) in [6, 6.07) is 10.3. The highest BCUT2D eigenvalue weighted by Crippen LogP contribution is 2.41. The third-order valence-corrected chi connectivity index (χ3v) is 6.18. The maximum Gasteiger partial charge on any atom is 0.280 e. The van der Waals surface area contributed by atoms with Gasteiger partial charge < -0.3 is 16.6 Å². The average Bonchev–Trinajstić information content (AvgIpc) is 2.80. The number of hydrogen-bond acceptors (Lipinski definition) is 5. The Kier molecular flexibility index (Phi) is 4.37. The van der Waals surface area contributed by atoms with Crippen LogP contribution in [0.1, 0.15) is 31.8 Å². The van der Waals surface area contributed by atoms with Gasteiger partial charge in [0.05, 0.1) is 10.6 Å². The summed E-state index contributed by atoms with van der Waals surface area (Å²) in [5, 5.41) is 11.0. The van der Waals surface area contributed by atoms with Gasteiger partial charge in [-0.2, -0.15) is 4.99 Å². The molecule has 0 bridgehead atoms. The van der Waals surface area contributed by atoms with Crippen LogP contribution in [0.4, 0.5) is 0 Å². The Morgan fingerprint density at radius 1 is 1.15 bits per heavy atom. The van der Waals surface area contributed by atoms with Crippen LogP contribution in [-0.4, -0.2) is 36.9 Å². The van der Waals surface area contributed by atoms with E-state index in [0.29, 0.717) is 5.56 Å². The number of Topliss-reactive ketones (excluding diaryl/α,β-unsaturated/α-hetero) is 1. The molecule has 9 heteroatoms. The fraction of sp³-hybridized carbons (Fsp3) is 0.167. The highest BCUT2D eigenvalue weighted by atomic mass is 32.2. The zero-order valence-electron chi connectivity index (χ0n) is 14.3. The lowest BCUT2D eigenvalue weighted by Gasteiger charge is -2.21. The summed E-state index contributed by atoms with van der Waals surface area (Å²) in [5.74, 6) is -2.80. The van der Waals surface area contributed by atoms with E-state index < -0.39 is 38.8 Å². The Labute approximate surface area is 155 Å². The first kappa shape index (κ1) is 18.7. The Morgan fingerprint density at radius 2 is 1.78 bits per heavy atom. The number of amides is 1. The average molecular weight is 387 g/mol. The van der Waals surface area contributed by atoms with E-state index in [1.165, 1.54) is 25.1 Å². The van der Waals surface area contributed by atoms with Crippen molar-refractivity contribution in [2.24, 2.45) is 16.5 Å². The number of fused-ring (bicyclic) bond motifs is 1. The molecule has 1 aliphatic rings. The summed E-state index contributed by atoms with van der Waals surface area (Å²) in [7, 11) is -4.00. The van der Waals surface area contributed by atoms with Gasteiger partial charge in [-0.05, 0) is 18.6 Å². The van der Waals surface area contributed by atoms with Gasteiger partial charge in [0, 0.05) is 16.7 Å². The Balaban J connectivity index is 2.19. The minimum absolute atomic E-state index is 0.0258. The van der Waals surface area contributed by atoms with Gasteiger partial charge in [-0.25, -0.2) is 8.42 Å². The van der Waals surface area contributed by atoms with Crippen LogP contribution in [0.2, 0.25) is 0 Å². The second-order valence-electron chi connectivity index (χ2n) is 6.32. The molecule has 1 aliphatic heterocycles. The molecule has 0 spiro atoms. The first-order chi connectivity index (χ1) is 12.6. The zero-order chi connectivity index (χ0) is 20.0. The summed E-state index contributed by atoms with van der Waals surface area (Å²) in [4.78, 5) is 28.1. The molecule has 140 valence electrons. The molecule has 8 nitrogen and oxygen atoms in total. The summed E-state index contributed by atoms with van der Waals surface area (Å²) in [6.45, 7) is 1.54. The molecule has 2 aromatic carbocycles. The Bertz CT molecular complexity index is 1090. The molecule has 0 aromatic heterocycles. The minimum Gasteiger partial charge on any atom is -0.376 e. The molecular weight excluding hydrogens is 370 g/mol. The number of nitrogens with zero attached hydrogens (tertiary/aromatic N) is 1. The van der Waals surface area contributed by atoms with Crippen LogP contribution in [0, 0.1) is 6.92 Å². The highest BCUT2D eigenvalue weighted by Gasteiger charge is 2.51. The van der Waals surface area contributed by atoms with Crippen LogP contribution >= 0.6 is 0 Å². The number of sulfone groups is 1. The number of hydrogen-bond donors (Lipinski definition) is 3. The van der Waals surface area contributed by atoms with Gasteiger partial charge in [0.25, 0.3) is 5.91 Å². The topological polar surface area (TPSA) is 153 Å². The van der Waals surface area contributed by atoms with Crippen molar-refractivity contribution in [3.8, 4) is 0 Å². The molecule has 1 unspecified atom stereocenters.